The number of rotatable bonds is 0. The first-order valence-corrected chi connectivity index (χ1v) is 3.24. The highest BCUT2D eigenvalue weighted by molar-refractivity contribution is 6.03. The Morgan fingerprint density at radius 1 is 1.36 bits per heavy atom. The molecule has 0 radical (unpaired) electrons. The van der Waals surface area contributed by atoms with E-state index >= 15 is 0 Å². The molecule has 0 amide bonds. The SMILES string of the molecule is CC1=C(C)C(=O)C(F)(F)C=C1. The molecule has 0 N–H and O–H groups in total. The third-order valence-electron chi connectivity index (χ3n) is 1.78. The summed E-state index contributed by atoms with van der Waals surface area (Å²) in [5.74, 6) is -4.37. The summed E-state index contributed by atoms with van der Waals surface area (Å²) in [4.78, 5) is 10.8. The molecule has 11 heavy (non-hydrogen) atoms. The zero-order valence-corrected chi connectivity index (χ0v) is 6.32. The molecule has 0 saturated heterocycles. The molecule has 0 aromatic heterocycles. The standard InChI is InChI=1S/C8H8F2O/c1-5-3-4-8(9,10)7(11)6(5)2/h3-4H,1-2H3. The molecule has 1 nitrogen and oxygen atoms in total. The van der Waals surface area contributed by atoms with E-state index in [9.17, 15) is 13.6 Å². The number of allylic oxidation sites excluding steroid dienone is 4. The highest BCUT2D eigenvalue weighted by Crippen LogP contribution is 2.27. The first kappa shape index (κ1) is 8.11. The summed E-state index contributed by atoms with van der Waals surface area (Å²) in [6.07, 6.45) is 1.91. The van der Waals surface area contributed by atoms with E-state index in [-0.39, 0.29) is 5.57 Å². The highest BCUT2D eigenvalue weighted by atomic mass is 19.3. The number of carbonyl (C=O) groups excluding carboxylic acids is 1. The molecule has 1 aliphatic rings. The van der Waals surface area contributed by atoms with E-state index in [1.165, 1.54) is 13.0 Å². The Hall–Kier alpha value is -0.990. The van der Waals surface area contributed by atoms with Crippen molar-refractivity contribution in [3.05, 3.63) is 23.3 Å². The number of carbonyl (C=O) groups is 1. The molecule has 0 unspecified atom stereocenters. The highest BCUT2D eigenvalue weighted by Gasteiger charge is 2.38. The van der Waals surface area contributed by atoms with Gasteiger partial charge >= 0.3 is 5.92 Å². The van der Waals surface area contributed by atoms with Crippen molar-refractivity contribution in [3.8, 4) is 0 Å². The summed E-state index contributed by atoms with van der Waals surface area (Å²) >= 11 is 0. The number of ketones is 1. The fourth-order valence-corrected chi connectivity index (χ4v) is 0.859. The lowest BCUT2D eigenvalue weighted by Crippen LogP contribution is -2.29. The van der Waals surface area contributed by atoms with Crippen molar-refractivity contribution in [2.24, 2.45) is 0 Å². The largest absolute Gasteiger partial charge is 0.328 e. The summed E-state index contributed by atoms with van der Waals surface area (Å²) in [5.41, 5.74) is 0.762. The average molecular weight is 158 g/mol. The minimum atomic E-state index is -3.29. The second-order valence-electron chi connectivity index (χ2n) is 2.59. The van der Waals surface area contributed by atoms with Crippen LogP contribution in [0.25, 0.3) is 0 Å². The minimum absolute atomic E-state index is 0.150. The van der Waals surface area contributed by atoms with Crippen LogP contribution in [0.1, 0.15) is 13.8 Å². The fraction of sp³-hybridized carbons (Fsp3) is 0.375. The van der Waals surface area contributed by atoms with Crippen LogP contribution in [0.4, 0.5) is 8.78 Å². The summed E-state index contributed by atoms with van der Waals surface area (Å²) in [6, 6.07) is 0. The lowest BCUT2D eigenvalue weighted by molar-refractivity contribution is -0.133. The maximum Gasteiger partial charge on any atom is 0.328 e. The van der Waals surface area contributed by atoms with Crippen LogP contribution in [-0.2, 0) is 4.79 Å². The molecule has 0 aromatic rings. The Bertz CT molecular complexity index is 261. The summed E-state index contributed by atoms with van der Waals surface area (Å²) in [5, 5.41) is 0. The van der Waals surface area contributed by atoms with E-state index < -0.39 is 11.7 Å². The van der Waals surface area contributed by atoms with Gasteiger partial charge in [0.05, 0.1) is 0 Å². The molecule has 0 saturated carbocycles. The van der Waals surface area contributed by atoms with Gasteiger partial charge < -0.3 is 0 Å². The van der Waals surface area contributed by atoms with Crippen molar-refractivity contribution in [1.82, 2.24) is 0 Å². The van der Waals surface area contributed by atoms with Crippen molar-refractivity contribution < 1.29 is 13.6 Å². The maximum atomic E-state index is 12.6. The Morgan fingerprint density at radius 2 is 1.91 bits per heavy atom. The Labute approximate surface area is 63.4 Å². The molecule has 0 heterocycles. The number of Topliss-reactive ketones (excluding diaryl/α,β-unsaturated/α-hetero) is 1. The zero-order valence-electron chi connectivity index (χ0n) is 6.32. The van der Waals surface area contributed by atoms with E-state index in [4.69, 9.17) is 0 Å². The number of alkyl halides is 2. The molecule has 0 atom stereocenters. The van der Waals surface area contributed by atoms with Gasteiger partial charge in [0, 0.05) is 5.57 Å². The summed E-state index contributed by atoms with van der Waals surface area (Å²) in [6.45, 7) is 3.05. The summed E-state index contributed by atoms with van der Waals surface area (Å²) in [7, 11) is 0. The molecule has 0 aromatic carbocycles. The number of hydrogen-bond donors (Lipinski definition) is 0. The third kappa shape index (κ3) is 1.23. The van der Waals surface area contributed by atoms with Crippen LogP contribution in [0.15, 0.2) is 23.3 Å². The van der Waals surface area contributed by atoms with E-state index in [1.807, 2.05) is 0 Å². The van der Waals surface area contributed by atoms with E-state index in [0.29, 0.717) is 11.6 Å². The predicted octanol–water partition coefficient (Wildman–Crippen LogP) is 2.10. The van der Waals surface area contributed by atoms with Crippen molar-refractivity contribution >= 4 is 5.78 Å². The smallest absolute Gasteiger partial charge is 0.287 e. The van der Waals surface area contributed by atoms with Gasteiger partial charge in [-0.3, -0.25) is 4.79 Å². The van der Waals surface area contributed by atoms with Crippen LogP contribution in [0.3, 0.4) is 0 Å². The van der Waals surface area contributed by atoms with Gasteiger partial charge in [0.1, 0.15) is 0 Å². The second-order valence-corrected chi connectivity index (χ2v) is 2.59. The van der Waals surface area contributed by atoms with Crippen LogP contribution in [0, 0.1) is 0 Å². The maximum absolute atomic E-state index is 12.6. The van der Waals surface area contributed by atoms with Gasteiger partial charge in [0.2, 0.25) is 5.78 Å². The van der Waals surface area contributed by atoms with Crippen LogP contribution in [0.2, 0.25) is 0 Å². The van der Waals surface area contributed by atoms with E-state index in [1.54, 1.807) is 6.92 Å². The normalized spacial score (nSPS) is 22.7. The first-order valence-electron chi connectivity index (χ1n) is 3.24. The molecule has 0 spiro atoms. The predicted molar refractivity (Wildman–Crippen MR) is 37.5 cm³/mol. The number of halogens is 2. The van der Waals surface area contributed by atoms with Crippen molar-refractivity contribution in [1.29, 1.82) is 0 Å². The van der Waals surface area contributed by atoms with Gasteiger partial charge in [-0.1, -0.05) is 6.08 Å². The Kier molecular flexibility index (Phi) is 1.66. The van der Waals surface area contributed by atoms with Crippen LogP contribution < -0.4 is 0 Å². The quantitative estimate of drug-likeness (QED) is 0.527. The topological polar surface area (TPSA) is 17.1 Å². The molecule has 3 heteroatoms. The van der Waals surface area contributed by atoms with Crippen LogP contribution in [0.5, 0.6) is 0 Å². The van der Waals surface area contributed by atoms with Gasteiger partial charge in [0.15, 0.2) is 0 Å². The molecular weight excluding hydrogens is 150 g/mol. The van der Waals surface area contributed by atoms with Gasteiger partial charge in [0.25, 0.3) is 0 Å². The molecule has 1 rings (SSSR count). The van der Waals surface area contributed by atoms with Gasteiger partial charge in [-0.25, -0.2) is 0 Å². The third-order valence-corrected chi connectivity index (χ3v) is 1.78. The lowest BCUT2D eigenvalue weighted by atomic mass is 9.96. The number of hydrogen-bond acceptors (Lipinski definition) is 1. The van der Waals surface area contributed by atoms with Gasteiger partial charge in [-0.2, -0.15) is 8.78 Å². The van der Waals surface area contributed by atoms with Crippen LogP contribution >= 0.6 is 0 Å². The fourth-order valence-electron chi connectivity index (χ4n) is 0.859. The van der Waals surface area contributed by atoms with Gasteiger partial charge in [-0.05, 0) is 25.5 Å². The minimum Gasteiger partial charge on any atom is -0.287 e. The lowest BCUT2D eigenvalue weighted by Gasteiger charge is -2.16. The van der Waals surface area contributed by atoms with Gasteiger partial charge in [-0.15, -0.1) is 0 Å². The molecule has 0 aliphatic heterocycles. The average Bonchev–Trinajstić information content (AvgIpc) is 1.95. The molecule has 60 valence electrons. The molecular formula is C8H8F2O. The molecule has 0 bridgehead atoms. The van der Waals surface area contributed by atoms with E-state index in [2.05, 4.69) is 0 Å². The summed E-state index contributed by atoms with van der Waals surface area (Å²) < 4.78 is 25.1. The molecule has 0 fully saturated rings. The molecule has 1 aliphatic carbocycles. The monoisotopic (exact) mass is 158 g/mol. The Morgan fingerprint density at radius 3 is 2.36 bits per heavy atom. The van der Waals surface area contributed by atoms with Crippen molar-refractivity contribution in [2.45, 2.75) is 19.8 Å². The van der Waals surface area contributed by atoms with E-state index in [0.717, 1.165) is 0 Å². The second kappa shape index (κ2) is 2.26. The van der Waals surface area contributed by atoms with Crippen molar-refractivity contribution in [3.63, 3.8) is 0 Å². The Balaban J connectivity index is 3.11. The van der Waals surface area contributed by atoms with Crippen LogP contribution in [-0.4, -0.2) is 11.7 Å². The van der Waals surface area contributed by atoms with Crippen molar-refractivity contribution in [2.75, 3.05) is 0 Å². The zero-order chi connectivity index (χ0) is 8.65. The first-order chi connectivity index (χ1) is 4.95.